The quantitative estimate of drug-likeness (QED) is 0.406. The molecule has 1 aliphatic rings. The van der Waals surface area contributed by atoms with Gasteiger partial charge in [0.1, 0.15) is 0 Å². The van der Waals surface area contributed by atoms with Gasteiger partial charge < -0.3 is 4.57 Å². The Labute approximate surface area is 165 Å². The van der Waals surface area contributed by atoms with Crippen LogP contribution >= 0.6 is 11.6 Å². The highest BCUT2D eigenvalue weighted by atomic mass is 35.5. The zero-order valence-electron chi connectivity index (χ0n) is 15.9. The summed E-state index contributed by atoms with van der Waals surface area (Å²) in [6.45, 7) is 7.67. The summed E-state index contributed by atoms with van der Waals surface area (Å²) in [5.41, 5.74) is 3.18. The van der Waals surface area contributed by atoms with Gasteiger partial charge in [-0.2, -0.15) is 0 Å². The van der Waals surface area contributed by atoms with Gasteiger partial charge in [-0.15, -0.1) is 11.6 Å². The first-order chi connectivity index (χ1) is 13.0. The second-order valence-electron chi connectivity index (χ2n) is 7.61. The van der Waals surface area contributed by atoms with Crippen molar-refractivity contribution in [2.24, 2.45) is 0 Å². The second-order valence-corrected chi connectivity index (χ2v) is 8.13. The highest BCUT2D eigenvalue weighted by molar-refractivity contribution is 6.20. The molecule has 1 aliphatic heterocycles. The summed E-state index contributed by atoms with van der Waals surface area (Å²) in [7, 11) is 0. The molecule has 1 fully saturated rings. The molecule has 0 bridgehead atoms. The number of para-hydroxylation sites is 1. The van der Waals surface area contributed by atoms with Crippen molar-refractivity contribution in [2.45, 2.75) is 38.4 Å². The number of Topliss-reactive ketones (excluding diaryl/α,β-unsaturated/α-hetero) is 1. The molecule has 2 heterocycles. The zero-order valence-corrected chi connectivity index (χ0v) is 16.7. The van der Waals surface area contributed by atoms with E-state index in [-0.39, 0.29) is 11.3 Å². The fraction of sp³-hybridized carbons (Fsp3) is 0.409. The fourth-order valence-corrected chi connectivity index (χ4v) is 4.66. The lowest BCUT2D eigenvalue weighted by Crippen LogP contribution is -2.53. The molecule has 4 rings (SSSR count). The zero-order chi connectivity index (χ0) is 19.0. The number of nitrogens with one attached hydrogen (secondary N) is 1. The van der Waals surface area contributed by atoms with Gasteiger partial charge in [0.2, 0.25) is 0 Å². The molecule has 0 radical (unpaired) electrons. The molecule has 0 amide bonds. The molecule has 1 N–H and O–H groups in total. The van der Waals surface area contributed by atoms with E-state index in [2.05, 4.69) is 52.0 Å². The molecule has 1 saturated heterocycles. The Morgan fingerprint density at radius 2 is 1.89 bits per heavy atom. The number of aryl methyl sites for hydroxylation is 1. The van der Waals surface area contributed by atoms with Crippen LogP contribution < -0.4 is 5.32 Å². The summed E-state index contributed by atoms with van der Waals surface area (Å²) >= 11 is 6.30. The predicted molar refractivity (Wildman–Crippen MR) is 113 cm³/mol. The lowest BCUT2D eigenvalue weighted by molar-refractivity contribution is 0.101. The Morgan fingerprint density at radius 1 is 1.11 bits per heavy atom. The van der Waals surface area contributed by atoms with E-state index in [4.69, 9.17) is 11.6 Å². The van der Waals surface area contributed by atoms with E-state index in [1.165, 1.54) is 16.3 Å². The molecule has 5 heteroatoms. The van der Waals surface area contributed by atoms with Crippen molar-refractivity contribution in [2.75, 3.05) is 19.6 Å². The van der Waals surface area contributed by atoms with Gasteiger partial charge in [-0.3, -0.25) is 15.0 Å². The molecular formula is C22H26ClN3O. The minimum Gasteiger partial charge on any atom is -0.340 e. The molecule has 2 aromatic carbocycles. The van der Waals surface area contributed by atoms with Crippen LogP contribution in [0.25, 0.3) is 21.8 Å². The Hall–Kier alpha value is -1.88. The van der Waals surface area contributed by atoms with Gasteiger partial charge in [-0.25, -0.2) is 0 Å². The first-order valence-corrected chi connectivity index (χ1v) is 10.1. The van der Waals surface area contributed by atoms with E-state index in [1.807, 2.05) is 12.1 Å². The molecule has 1 unspecified atom stereocenters. The number of hydrogen-bond acceptors (Lipinski definition) is 3. The highest BCUT2D eigenvalue weighted by Crippen LogP contribution is 2.30. The van der Waals surface area contributed by atoms with Crippen molar-refractivity contribution < 1.29 is 4.79 Å². The normalized spacial score (nSPS) is 21.1. The third kappa shape index (κ3) is 3.75. The van der Waals surface area contributed by atoms with Crippen molar-refractivity contribution in [3.8, 4) is 0 Å². The van der Waals surface area contributed by atoms with Crippen LogP contribution in [0.1, 0.15) is 30.6 Å². The number of alkyl halides is 1. The maximum absolute atomic E-state index is 11.9. The average molecular weight is 384 g/mol. The Bertz CT molecular complexity index is 970. The Morgan fingerprint density at radius 3 is 2.67 bits per heavy atom. The maximum Gasteiger partial charge on any atom is 0.159 e. The fourth-order valence-electron chi connectivity index (χ4n) is 4.25. The molecule has 0 spiro atoms. The van der Waals surface area contributed by atoms with Gasteiger partial charge in [-0.1, -0.05) is 30.3 Å². The number of carbonyl (C=O) groups is 1. The summed E-state index contributed by atoms with van der Waals surface area (Å²) in [6, 6.07) is 15.0. The summed E-state index contributed by atoms with van der Waals surface area (Å²) in [5.74, 6) is 0.108. The number of fused-ring (bicyclic) bond motifs is 3. The van der Waals surface area contributed by atoms with Crippen molar-refractivity contribution in [1.82, 2.24) is 14.8 Å². The Kier molecular flexibility index (Phi) is 5.22. The second kappa shape index (κ2) is 7.63. The monoisotopic (exact) mass is 383 g/mol. The number of carbonyl (C=O) groups excluding carboxylic acids is 1. The van der Waals surface area contributed by atoms with Gasteiger partial charge in [0.25, 0.3) is 0 Å². The van der Waals surface area contributed by atoms with Crippen LogP contribution in [0.15, 0.2) is 42.5 Å². The summed E-state index contributed by atoms with van der Waals surface area (Å²) < 4.78 is 2.36. The number of hydrogen-bond donors (Lipinski definition) is 1. The SMILES string of the molecule is CC(=O)c1ccc2c3ccccc3n(CCCN3CC(C)N[C@@H](Cl)C3)c2c1. The largest absolute Gasteiger partial charge is 0.340 e. The van der Waals surface area contributed by atoms with Crippen LogP contribution in [0.3, 0.4) is 0 Å². The van der Waals surface area contributed by atoms with E-state index in [0.29, 0.717) is 6.04 Å². The van der Waals surface area contributed by atoms with E-state index in [9.17, 15) is 4.79 Å². The standard InChI is InChI=1S/C22H26ClN3O/c1-15-13-25(14-22(23)24-15)10-5-11-26-20-7-4-3-6-18(20)19-9-8-17(16(2)27)12-21(19)26/h3-4,6-9,12,15,22,24H,5,10-11,13-14H2,1-2H3/t15?,22-/m1/s1. The molecule has 4 nitrogen and oxygen atoms in total. The predicted octanol–water partition coefficient (Wildman–Crippen LogP) is 4.25. The molecule has 0 aliphatic carbocycles. The Balaban J connectivity index is 1.61. The molecule has 2 atom stereocenters. The number of benzene rings is 2. The molecule has 0 saturated carbocycles. The summed E-state index contributed by atoms with van der Waals surface area (Å²) in [4.78, 5) is 14.3. The molecular weight excluding hydrogens is 358 g/mol. The van der Waals surface area contributed by atoms with Gasteiger partial charge >= 0.3 is 0 Å². The number of piperazine rings is 1. The van der Waals surface area contributed by atoms with Crippen molar-refractivity contribution in [3.63, 3.8) is 0 Å². The van der Waals surface area contributed by atoms with Crippen LogP contribution in [0.5, 0.6) is 0 Å². The lowest BCUT2D eigenvalue weighted by Gasteiger charge is -2.35. The number of aromatic nitrogens is 1. The third-order valence-corrected chi connectivity index (χ3v) is 5.72. The van der Waals surface area contributed by atoms with Gasteiger partial charge in [0.15, 0.2) is 5.78 Å². The van der Waals surface area contributed by atoms with E-state index in [1.54, 1.807) is 6.92 Å². The van der Waals surface area contributed by atoms with Crippen molar-refractivity contribution in [3.05, 3.63) is 48.0 Å². The van der Waals surface area contributed by atoms with E-state index < -0.39 is 0 Å². The number of rotatable bonds is 5. The highest BCUT2D eigenvalue weighted by Gasteiger charge is 2.21. The van der Waals surface area contributed by atoms with Crippen molar-refractivity contribution in [1.29, 1.82) is 0 Å². The third-order valence-electron chi connectivity index (χ3n) is 5.45. The van der Waals surface area contributed by atoms with Gasteiger partial charge in [0, 0.05) is 59.6 Å². The molecule has 3 aromatic rings. The van der Waals surface area contributed by atoms with E-state index in [0.717, 1.165) is 43.7 Å². The first kappa shape index (κ1) is 18.5. The van der Waals surface area contributed by atoms with Crippen molar-refractivity contribution >= 4 is 39.2 Å². The van der Waals surface area contributed by atoms with E-state index >= 15 is 0 Å². The van der Waals surface area contributed by atoms with Crippen LogP contribution in [0, 0.1) is 0 Å². The number of halogens is 1. The van der Waals surface area contributed by atoms with Crippen LogP contribution in [0.2, 0.25) is 0 Å². The average Bonchev–Trinajstić information content (AvgIpc) is 2.94. The minimum atomic E-state index is 0.0279. The van der Waals surface area contributed by atoms with Gasteiger partial charge in [-0.05, 0) is 32.4 Å². The maximum atomic E-state index is 11.9. The molecule has 1 aromatic heterocycles. The number of nitrogens with zero attached hydrogens (tertiary/aromatic N) is 2. The number of ketones is 1. The van der Waals surface area contributed by atoms with Crippen LogP contribution in [-0.2, 0) is 6.54 Å². The minimum absolute atomic E-state index is 0.0279. The molecule has 27 heavy (non-hydrogen) atoms. The first-order valence-electron chi connectivity index (χ1n) is 9.67. The van der Waals surface area contributed by atoms with Crippen LogP contribution in [0.4, 0.5) is 0 Å². The molecule has 142 valence electrons. The topological polar surface area (TPSA) is 37.3 Å². The van der Waals surface area contributed by atoms with Crippen LogP contribution in [-0.4, -0.2) is 46.4 Å². The van der Waals surface area contributed by atoms with Gasteiger partial charge in [0.05, 0.1) is 5.50 Å². The summed E-state index contributed by atoms with van der Waals surface area (Å²) in [5, 5.41) is 5.83. The smallest absolute Gasteiger partial charge is 0.159 e. The lowest BCUT2D eigenvalue weighted by atomic mass is 10.1. The summed E-state index contributed by atoms with van der Waals surface area (Å²) in [6.07, 6.45) is 1.05.